The van der Waals surface area contributed by atoms with Crippen LogP contribution in [0.3, 0.4) is 0 Å². The number of hydrogen-bond acceptors (Lipinski definition) is 6. The van der Waals surface area contributed by atoms with Crippen LogP contribution < -0.4 is 19.1 Å². The van der Waals surface area contributed by atoms with Gasteiger partial charge in [-0.2, -0.15) is 0 Å². The molecule has 1 N–H and O–H groups in total. The van der Waals surface area contributed by atoms with Crippen molar-refractivity contribution in [3.05, 3.63) is 119 Å². The van der Waals surface area contributed by atoms with E-state index in [1.165, 1.54) is 37.3 Å². The highest BCUT2D eigenvalue weighted by Gasteiger charge is 2.35. The molecule has 0 saturated carbocycles. The number of methoxy groups -OCH3 is 2. The molecular formula is C36H40ClN3O6S. The Morgan fingerprint density at radius 3 is 2.13 bits per heavy atom. The van der Waals surface area contributed by atoms with E-state index >= 15 is 0 Å². The molecule has 0 aliphatic heterocycles. The highest BCUT2D eigenvalue weighted by atomic mass is 35.5. The number of halogens is 1. The number of rotatable bonds is 16. The lowest BCUT2D eigenvalue weighted by atomic mass is 10.0. The number of carbonyl (C=O) groups is 2. The van der Waals surface area contributed by atoms with E-state index in [1.807, 2.05) is 37.3 Å². The Hall–Kier alpha value is -4.54. The largest absolute Gasteiger partial charge is 0.493 e. The van der Waals surface area contributed by atoms with Gasteiger partial charge in [0, 0.05) is 30.6 Å². The minimum Gasteiger partial charge on any atom is -0.493 e. The van der Waals surface area contributed by atoms with Crippen LogP contribution in [0, 0.1) is 0 Å². The van der Waals surface area contributed by atoms with Gasteiger partial charge in [0.25, 0.3) is 10.0 Å². The van der Waals surface area contributed by atoms with Crippen LogP contribution in [0.15, 0.2) is 108 Å². The zero-order valence-electron chi connectivity index (χ0n) is 26.8. The predicted octanol–water partition coefficient (Wildman–Crippen LogP) is 6.11. The van der Waals surface area contributed by atoms with E-state index in [9.17, 15) is 18.0 Å². The molecule has 248 valence electrons. The minimum absolute atomic E-state index is 0.0176. The zero-order chi connectivity index (χ0) is 33.8. The van der Waals surface area contributed by atoms with Gasteiger partial charge in [-0.3, -0.25) is 13.9 Å². The smallest absolute Gasteiger partial charge is 0.264 e. The maximum absolute atomic E-state index is 14.6. The van der Waals surface area contributed by atoms with Crippen molar-refractivity contribution in [1.82, 2.24) is 10.2 Å². The number of ether oxygens (including phenoxy) is 2. The summed E-state index contributed by atoms with van der Waals surface area (Å²) >= 11 is 6.56. The van der Waals surface area contributed by atoms with Crippen molar-refractivity contribution in [3.63, 3.8) is 0 Å². The van der Waals surface area contributed by atoms with E-state index in [1.54, 1.807) is 54.6 Å². The lowest BCUT2D eigenvalue weighted by Crippen LogP contribution is -2.53. The minimum atomic E-state index is -4.32. The molecule has 47 heavy (non-hydrogen) atoms. The molecule has 1 unspecified atom stereocenters. The average Bonchev–Trinajstić information content (AvgIpc) is 3.09. The van der Waals surface area contributed by atoms with Crippen molar-refractivity contribution in [2.24, 2.45) is 0 Å². The van der Waals surface area contributed by atoms with Crippen molar-refractivity contribution in [2.45, 2.75) is 43.7 Å². The zero-order valence-corrected chi connectivity index (χ0v) is 28.3. The molecule has 0 radical (unpaired) electrons. The maximum Gasteiger partial charge on any atom is 0.264 e. The van der Waals surface area contributed by atoms with E-state index in [0.717, 1.165) is 22.7 Å². The average molecular weight is 678 g/mol. The second-order valence-corrected chi connectivity index (χ2v) is 13.1. The van der Waals surface area contributed by atoms with Gasteiger partial charge < -0.3 is 19.7 Å². The molecule has 4 aromatic rings. The molecule has 0 saturated heterocycles. The molecule has 0 spiro atoms. The van der Waals surface area contributed by atoms with Crippen LogP contribution in [0.4, 0.5) is 5.69 Å². The van der Waals surface area contributed by atoms with E-state index < -0.39 is 28.5 Å². The van der Waals surface area contributed by atoms with Crippen LogP contribution in [0.25, 0.3) is 0 Å². The van der Waals surface area contributed by atoms with Crippen LogP contribution in [-0.2, 0) is 32.6 Å². The lowest BCUT2D eigenvalue weighted by molar-refractivity contribution is -0.140. The van der Waals surface area contributed by atoms with Crippen LogP contribution in [0.1, 0.15) is 30.9 Å². The predicted molar refractivity (Wildman–Crippen MR) is 184 cm³/mol. The van der Waals surface area contributed by atoms with E-state index in [4.69, 9.17) is 21.1 Å². The molecule has 0 fully saturated rings. The Morgan fingerprint density at radius 2 is 1.49 bits per heavy atom. The summed E-state index contributed by atoms with van der Waals surface area (Å²) in [6.45, 7) is 1.87. The fourth-order valence-corrected chi connectivity index (χ4v) is 6.72. The Kier molecular flexibility index (Phi) is 12.7. The van der Waals surface area contributed by atoms with Crippen LogP contribution in [-0.4, -0.2) is 58.5 Å². The van der Waals surface area contributed by atoms with Gasteiger partial charge in [0.05, 0.1) is 24.8 Å². The van der Waals surface area contributed by atoms with Gasteiger partial charge in [-0.25, -0.2) is 8.42 Å². The number of sulfonamides is 1. The van der Waals surface area contributed by atoms with Crippen molar-refractivity contribution in [1.29, 1.82) is 0 Å². The standard InChI is InChI=1S/C36H40ClN3O6S/c1-4-5-22-38-36(42)32(23-27-14-8-6-9-15-27)39(25-28-16-12-13-19-31(28)37)35(41)26-40(29-17-10-7-11-18-29)47(43,44)30-20-21-33(45-2)34(24-30)46-3/h6-21,24,32H,4-5,22-23,25-26H2,1-3H3,(H,38,42). The highest BCUT2D eigenvalue weighted by Crippen LogP contribution is 2.32. The first-order valence-electron chi connectivity index (χ1n) is 15.3. The quantitative estimate of drug-likeness (QED) is 0.144. The van der Waals surface area contributed by atoms with Crippen molar-refractivity contribution in [2.75, 3.05) is 31.6 Å². The first kappa shape index (κ1) is 35.3. The second kappa shape index (κ2) is 16.9. The van der Waals surface area contributed by atoms with Gasteiger partial charge in [0.1, 0.15) is 12.6 Å². The molecule has 4 aromatic carbocycles. The third-order valence-corrected chi connectivity index (χ3v) is 9.80. The lowest BCUT2D eigenvalue weighted by Gasteiger charge is -2.34. The summed E-state index contributed by atoms with van der Waals surface area (Å²) in [6, 6.07) is 28.1. The maximum atomic E-state index is 14.6. The fraction of sp³-hybridized carbons (Fsp3) is 0.278. The molecule has 0 aliphatic rings. The first-order chi connectivity index (χ1) is 22.7. The fourth-order valence-electron chi connectivity index (χ4n) is 5.10. The van der Waals surface area contributed by atoms with Crippen LogP contribution in [0.2, 0.25) is 5.02 Å². The van der Waals surface area contributed by atoms with Gasteiger partial charge >= 0.3 is 0 Å². The summed E-state index contributed by atoms with van der Waals surface area (Å²) in [4.78, 5) is 29.7. The van der Waals surface area contributed by atoms with Crippen molar-refractivity contribution >= 4 is 39.1 Å². The highest BCUT2D eigenvalue weighted by molar-refractivity contribution is 7.92. The van der Waals surface area contributed by atoms with Crippen molar-refractivity contribution in [3.8, 4) is 11.5 Å². The summed E-state index contributed by atoms with van der Waals surface area (Å²) in [5, 5.41) is 3.40. The number of benzene rings is 4. The molecule has 9 nitrogen and oxygen atoms in total. The Bertz CT molecular complexity index is 1740. The molecule has 0 heterocycles. The Labute approximate surface area is 282 Å². The molecule has 0 aliphatic carbocycles. The third-order valence-electron chi connectivity index (χ3n) is 7.67. The number of amides is 2. The van der Waals surface area contributed by atoms with Gasteiger partial charge in [-0.15, -0.1) is 0 Å². The molecule has 0 aromatic heterocycles. The van der Waals surface area contributed by atoms with Crippen LogP contribution in [0.5, 0.6) is 11.5 Å². The SMILES string of the molecule is CCCCNC(=O)C(Cc1ccccc1)N(Cc1ccccc1Cl)C(=O)CN(c1ccccc1)S(=O)(=O)c1ccc(OC)c(OC)c1. The third kappa shape index (κ3) is 9.05. The Morgan fingerprint density at radius 1 is 0.851 bits per heavy atom. The van der Waals surface area contributed by atoms with Crippen molar-refractivity contribution < 1.29 is 27.5 Å². The number of nitrogens with one attached hydrogen (secondary N) is 1. The topological polar surface area (TPSA) is 105 Å². The molecular weight excluding hydrogens is 638 g/mol. The molecule has 11 heteroatoms. The van der Waals surface area contributed by atoms with Crippen LogP contribution >= 0.6 is 11.6 Å². The number of carbonyl (C=O) groups excluding carboxylic acids is 2. The summed E-state index contributed by atoms with van der Waals surface area (Å²) in [5.74, 6) is -0.335. The van der Waals surface area contributed by atoms with E-state index in [-0.39, 0.29) is 35.2 Å². The van der Waals surface area contributed by atoms with E-state index in [0.29, 0.717) is 22.9 Å². The Balaban J connectivity index is 1.80. The number of unbranched alkanes of at least 4 members (excludes halogenated alkanes) is 1. The number of nitrogens with zero attached hydrogens (tertiary/aromatic N) is 2. The second-order valence-electron chi connectivity index (χ2n) is 10.8. The normalized spacial score (nSPS) is 11.7. The molecule has 4 rings (SSSR count). The van der Waals surface area contributed by atoms with Gasteiger partial charge in [-0.1, -0.05) is 91.7 Å². The molecule has 1 atom stereocenters. The number of para-hydroxylation sites is 1. The number of anilines is 1. The summed E-state index contributed by atoms with van der Waals surface area (Å²) in [7, 11) is -1.45. The van der Waals surface area contributed by atoms with E-state index in [2.05, 4.69) is 5.32 Å². The summed E-state index contributed by atoms with van der Waals surface area (Å²) in [6.07, 6.45) is 1.86. The monoisotopic (exact) mass is 677 g/mol. The van der Waals surface area contributed by atoms with Gasteiger partial charge in [0.2, 0.25) is 11.8 Å². The van der Waals surface area contributed by atoms with Gasteiger partial charge in [-0.05, 0) is 47.9 Å². The molecule has 2 amide bonds. The number of hydrogen-bond donors (Lipinski definition) is 1. The molecule has 0 bridgehead atoms. The summed E-state index contributed by atoms with van der Waals surface area (Å²) < 4.78 is 40.3. The summed E-state index contributed by atoms with van der Waals surface area (Å²) in [5.41, 5.74) is 1.74. The van der Waals surface area contributed by atoms with Gasteiger partial charge in [0.15, 0.2) is 11.5 Å². The first-order valence-corrected chi connectivity index (χ1v) is 17.2.